The fourth-order valence-corrected chi connectivity index (χ4v) is 5.49. The molecule has 142 valence electrons. The van der Waals surface area contributed by atoms with Gasteiger partial charge in [0.15, 0.2) is 0 Å². The molecule has 0 spiro atoms. The number of piperazine rings is 1. The summed E-state index contributed by atoms with van der Waals surface area (Å²) in [6, 6.07) is 0. The Morgan fingerprint density at radius 2 is 1.77 bits per heavy atom. The maximum Gasteiger partial charge on any atom is 0.250 e. The molecule has 26 heavy (non-hydrogen) atoms. The van der Waals surface area contributed by atoms with E-state index in [1.807, 2.05) is 14.0 Å². The molecular formula is C17H25N5O3S. The van der Waals surface area contributed by atoms with Crippen LogP contribution in [0.5, 0.6) is 0 Å². The van der Waals surface area contributed by atoms with E-state index in [1.54, 1.807) is 11.2 Å². The van der Waals surface area contributed by atoms with E-state index in [4.69, 9.17) is 4.42 Å². The van der Waals surface area contributed by atoms with Crippen LogP contribution in [-0.4, -0.2) is 66.0 Å². The third-order valence-electron chi connectivity index (χ3n) is 5.49. The Morgan fingerprint density at radius 1 is 1.08 bits per heavy atom. The number of hydrogen-bond donors (Lipinski definition) is 1. The normalized spacial score (nSPS) is 20.4. The lowest BCUT2D eigenvalue weighted by molar-refractivity contribution is 0.222. The molecule has 1 aliphatic heterocycles. The van der Waals surface area contributed by atoms with E-state index in [0.29, 0.717) is 42.0 Å². The highest BCUT2D eigenvalue weighted by Gasteiger charge is 2.35. The number of aromatic nitrogens is 3. The maximum absolute atomic E-state index is 13.3. The van der Waals surface area contributed by atoms with Gasteiger partial charge in [-0.2, -0.15) is 4.31 Å². The van der Waals surface area contributed by atoms with Crippen molar-refractivity contribution in [2.24, 2.45) is 0 Å². The summed E-state index contributed by atoms with van der Waals surface area (Å²) >= 11 is 0. The molecule has 9 heteroatoms. The Kier molecular flexibility index (Phi) is 4.40. The Hall–Kier alpha value is -1.71. The van der Waals surface area contributed by atoms with Crippen molar-refractivity contribution in [3.63, 3.8) is 0 Å². The van der Waals surface area contributed by atoms with E-state index in [1.165, 1.54) is 6.42 Å². The monoisotopic (exact) mass is 379 g/mol. The van der Waals surface area contributed by atoms with Crippen molar-refractivity contribution in [3.05, 3.63) is 17.3 Å². The first-order chi connectivity index (χ1) is 12.4. The molecule has 2 aromatic rings. The average molecular weight is 379 g/mol. The molecule has 0 atom stereocenters. The smallest absolute Gasteiger partial charge is 0.250 e. The highest BCUT2D eigenvalue weighted by atomic mass is 32.2. The summed E-state index contributed by atoms with van der Waals surface area (Å²) in [5.41, 5.74) is 1.86. The third kappa shape index (κ3) is 2.87. The lowest BCUT2D eigenvalue weighted by Crippen LogP contribution is -2.47. The zero-order valence-electron chi connectivity index (χ0n) is 15.4. The first kappa shape index (κ1) is 17.7. The van der Waals surface area contributed by atoms with Gasteiger partial charge in [0.2, 0.25) is 15.9 Å². The van der Waals surface area contributed by atoms with Crippen molar-refractivity contribution >= 4 is 10.0 Å². The zero-order valence-corrected chi connectivity index (χ0v) is 16.3. The first-order valence-electron chi connectivity index (χ1n) is 9.09. The van der Waals surface area contributed by atoms with Crippen LogP contribution in [0.25, 0.3) is 11.5 Å². The van der Waals surface area contributed by atoms with Crippen molar-refractivity contribution in [3.8, 4) is 11.5 Å². The van der Waals surface area contributed by atoms with Crippen molar-refractivity contribution in [2.75, 3.05) is 33.2 Å². The average Bonchev–Trinajstić information content (AvgIpc) is 3.10. The molecule has 1 aliphatic carbocycles. The number of sulfonamides is 1. The molecule has 4 rings (SSSR count). The number of hydrogen-bond acceptors (Lipinski definition) is 6. The second-order valence-electron chi connectivity index (χ2n) is 7.36. The molecule has 0 unspecified atom stereocenters. The van der Waals surface area contributed by atoms with E-state index in [-0.39, 0.29) is 4.90 Å². The van der Waals surface area contributed by atoms with Gasteiger partial charge >= 0.3 is 0 Å². The predicted molar refractivity (Wildman–Crippen MR) is 96.4 cm³/mol. The lowest BCUT2D eigenvalue weighted by atomic mass is 9.85. The molecule has 1 saturated heterocycles. The number of likely N-dealkylation sites (N-methyl/N-ethyl adjacent to an activating group) is 1. The number of nitrogens with zero attached hydrogens (tertiary/aromatic N) is 4. The van der Waals surface area contributed by atoms with Crippen LogP contribution in [0.4, 0.5) is 0 Å². The molecule has 1 saturated carbocycles. The molecule has 2 aliphatic rings. The summed E-state index contributed by atoms with van der Waals surface area (Å²) in [6.07, 6.45) is 3.28. The zero-order chi connectivity index (χ0) is 18.5. The number of H-pyrrole nitrogens is 1. The molecule has 3 heterocycles. The van der Waals surface area contributed by atoms with Gasteiger partial charge in [-0.25, -0.2) is 8.42 Å². The van der Waals surface area contributed by atoms with E-state index in [9.17, 15) is 8.42 Å². The molecular weight excluding hydrogens is 354 g/mol. The number of rotatable bonds is 4. The Bertz CT molecular complexity index is 905. The molecule has 8 nitrogen and oxygen atoms in total. The summed E-state index contributed by atoms with van der Waals surface area (Å²) in [6.45, 7) is 6.05. The summed E-state index contributed by atoms with van der Waals surface area (Å²) in [5, 5.41) is 8.33. The van der Waals surface area contributed by atoms with Gasteiger partial charge < -0.3 is 14.3 Å². The molecule has 0 amide bonds. The maximum atomic E-state index is 13.3. The van der Waals surface area contributed by atoms with Crippen molar-refractivity contribution in [1.29, 1.82) is 0 Å². The largest absolute Gasteiger partial charge is 0.420 e. The second kappa shape index (κ2) is 6.47. The third-order valence-corrected chi connectivity index (χ3v) is 7.56. The summed E-state index contributed by atoms with van der Waals surface area (Å²) in [7, 11) is -1.63. The molecule has 0 radical (unpaired) electrons. The van der Waals surface area contributed by atoms with Crippen LogP contribution < -0.4 is 0 Å². The summed E-state index contributed by atoms with van der Waals surface area (Å²) in [4.78, 5) is 5.55. The van der Waals surface area contributed by atoms with E-state index in [0.717, 1.165) is 31.6 Å². The fraction of sp³-hybridized carbons (Fsp3) is 0.647. The minimum atomic E-state index is -3.63. The van der Waals surface area contributed by atoms with Crippen LogP contribution in [0, 0.1) is 13.8 Å². The van der Waals surface area contributed by atoms with E-state index < -0.39 is 10.0 Å². The molecule has 2 fully saturated rings. The van der Waals surface area contributed by atoms with Crippen molar-refractivity contribution in [1.82, 2.24) is 24.4 Å². The van der Waals surface area contributed by atoms with Crippen molar-refractivity contribution in [2.45, 2.75) is 43.9 Å². The van der Waals surface area contributed by atoms with Gasteiger partial charge in [-0.3, -0.25) is 0 Å². The Labute approximate surface area is 153 Å². The molecule has 0 aromatic carbocycles. The van der Waals surface area contributed by atoms with Crippen molar-refractivity contribution < 1.29 is 12.8 Å². The predicted octanol–water partition coefficient (Wildman–Crippen LogP) is 1.89. The van der Waals surface area contributed by atoms with Gasteiger partial charge in [-0.05, 0) is 33.7 Å². The van der Waals surface area contributed by atoms with Gasteiger partial charge in [-0.15, -0.1) is 10.2 Å². The topological polar surface area (TPSA) is 95.3 Å². The van der Waals surface area contributed by atoms with E-state index >= 15 is 0 Å². The van der Waals surface area contributed by atoms with Crippen LogP contribution >= 0.6 is 0 Å². The van der Waals surface area contributed by atoms with Gasteiger partial charge in [-0.1, -0.05) is 6.42 Å². The second-order valence-corrected chi connectivity index (χ2v) is 9.23. The van der Waals surface area contributed by atoms with Crippen LogP contribution in [0.2, 0.25) is 0 Å². The standard InChI is InChI=1S/C17H25N5O3S/c1-11-14(17-20-19-16(25-17)13-5-4-6-13)15(12(2)18-11)26(23,24)22-9-7-21(3)8-10-22/h13,18H,4-10H2,1-3H3. The minimum absolute atomic E-state index is 0.267. The summed E-state index contributed by atoms with van der Waals surface area (Å²) < 4.78 is 34.1. The molecule has 0 bridgehead atoms. The van der Waals surface area contributed by atoms with Crippen LogP contribution in [0.15, 0.2) is 9.31 Å². The Balaban J connectivity index is 1.74. The van der Waals surface area contributed by atoms with Gasteiger partial charge in [0, 0.05) is 43.5 Å². The number of aryl methyl sites for hydroxylation is 2. The highest BCUT2D eigenvalue weighted by molar-refractivity contribution is 7.89. The van der Waals surface area contributed by atoms with Gasteiger partial charge in [0.1, 0.15) is 4.90 Å². The Morgan fingerprint density at radius 3 is 2.38 bits per heavy atom. The minimum Gasteiger partial charge on any atom is -0.420 e. The summed E-state index contributed by atoms with van der Waals surface area (Å²) in [5.74, 6) is 1.23. The first-order valence-corrected chi connectivity index (χ1v) is 10.5. The lowest BCUT2D eigenvalue weighted by Gasteiger charge is -2.31. The van der Waals surface area contributed by atoms with Crippen LogP contribution in [0.1, 0.15) is 42.5 Å². The SMILES string of the molecule is Cc1[nH]c(C)c(S(=O)(=O)N2CCN(C)CC2)c1-c1nnc(C2CCC2)o1. The van der Waals surface area contributed by atoms with Crippen LogP contribution in [0.3, 0.4) is 0 Å². The molecule has 2 aromatic heterocycles. The van der Waals surface area contributed by atoms with E-state index in [2.05, 4.69) is 20.1 Å². The highest BCUT2D eigenvalue weighted by Crippen LogP contribution is 2.39. The number of aromatic amines is 1. The van der Waals surface area contributed by atoms with Crippen LogP contribution in [-0.2, 0) is 10.0 Å². The van der Waals surface area contributed by atoms with Gasteiger partial charge in [0.25, 0.3) is 5.89 Å². The van der Waals surface area contributed by atoms with Gasteiger partial charge in [0.05, 0.1) is 5.56 Å². The quantitative estimate of drug-likeness (QED) is 0.871. The molecule has 1 N–H and O–H groups in total. The number of nitrogens with one attached hydrogen (secondary N) is 1. The fourth-order valence-electron chi connectivity index (χ4n) is 3.65.